The van der Waals surface area contributed by atoms with Gasteiger partial charge >= 0.3 is 0 Å². The molecule has 1 atom stereocenters. The fourth-order valence-corrected chi connectivity index (χ4v) is 1.08. The number of nitrogens with zero attached hydrogens (tertiary/aromatic N) is 1. The fourth-order valence-electron chi connectivity index (χ4n) is 1.08. The van der Waals surface area contributed by atoms with E-state index in [2.05, 4.69) is 24.3 Å². The molecule has 0 bridgehead atoms. The normalized spacial score (nSPS) is 13.6. The highest BCUT2D eigenvalue weighted by atomic mass is 16.4. The molecule has 5 heteroatoms. The maximum atomic E-state index is 11.3. The molecule has 1 unspecified atom stereocenters. The summed E-state index contributed by atoms with van der Waals surface area (Å²) in [5, 5.41) is 13.9. The number of rotatable bonds is 7. The highest BCUT2D eigenvalue weighted by molar-refractivity contribution is 5.79. The summed E-state index contributed by atoms with van der Waals surface area (Å²) >= 11 is 0. The van der Waals surface area contributed by atoms with Crippen LogP contribution in [-0.4, -0.2) is 23.5 Å². The summed E-state index contributed by atoms with van der Waals surface area (Å²) in [6.07, 6.45) is 2.78. The molecule has 0 saturated carbocycles. The Labute approximate surface area is 90.7 Å². The Bertz CT molecular complexity index is 217. The van der Waals surface area contributed by atoms with Crippen LogP contribution < -0.4 is 11.1 Å². The molecule has 0 aliphatic heterocycles. The van der Waals surface area contributed by atoms with Crippen LogP contribution in [0.4, 0.5) is 0 Å². The third kappa shape index (κ3) is 7.78. The number of carbonyl (C=O) groups excluding carboxylic acids is 1. The summed E-state index contributed by atoms with van der Waals surface area (Å²) in [6, 6.07) is 0. The van der Waals surface area contributed by atoms with E-state index in [1.54, 1.807) is 0 Å². The maximum Gasteiger partial charge on any atom is 0.220 e. The first kappa shape index (κ1) is 13.7. The summed E-state index contributed by atoms with van der Waals surface area (Å²) in [5.41, 5.74) is 5.28. The molecule has 0 spiro atoms. The van der Waals surface area contributed by atoms with Crippen molar-refractivity contribution < 1.29 is 10.0 Å². The lowest BCUT2D eigenvalue weighted by Gasteiger charge is -2.08. The molecule has 1 amide bonds. The number of hydrogen-bond donors (Lipinski definition) is 3. The van der Waals surface area contributed by atoms with Crippen LogP contribution in [0, 0.1) is 5.92 Å². The number of nitrogens with two attached hydrogens (primary N) is 1. The van der Waals surface area contributed by atoms with Crippen LogP contribution in [-0.2, 0) is 4.79 Å². The molecule has 0 aromatic rings. The quantitative estimate of drug-likeness (QED) is 0.195. The van der Waals surface area contributed by atoms with Crippen LogP contribution in [0.3, 0.4) is 0 Å². The van der Waals surface area contributed by atoms with Crippen LogP contribution >= 0.6 is 0 Å². The summed E-state index contributed by atoms with van der Waals surface area (Å²) in [4.78, 5) is 11.3. The van der Waals surface area contributed by atoms with Crippen LogP contribution in [0.25, 0.3) is 0 Å². The minimum atomic E-state index is 0.0730. The second kappa shape index (κ2) is 8.08. The topological polar surface area (TPSA) is 87.7 Å². The predicted molar refractivity (Wildman–Crippen MR) is 59.7 cm³/mol. The molecule has 5 nitrogen and oxygen atoms in total. The summed E-state index contributed by atoms with van der Waals surface area (Å²) < 4.78 is 0. The van der Waals surface area contributed by atoms with Gasteiger partial charge in [-0.15, -0.1) is 0 Å². The Hall–Kier alpha value is -1.26. The number of amidine groups is 1. The zero-order valence-corrected chi connectivity index (χ0v) is 9.49. The molecule has 0 radical (unpaired) electrons. The van der Waals surface area contributed by atoms with Crippen LogP contribution in [0.1, 0.15) is 39.5 Å². The predicted octanol–water partition coefficient (Wildman–Crippen LogP) is 1.07. The van der Waals surface area contributed by atoms with Gasteiger partial charge < -0.3 is 16.3 Å². The Kier molecular flexibility index (Phi) is 7.40. The second-order valence-corrected chi connectivity index (χ2v) is 3.76. The molecule has 0 heterocycles. The van der Waals surface area contributed by atoms with Gasteiger partial charge in [-0.25, -0.2) is 0 Å². The SMILES string of the molecule is CCC(C)CC(=O)NCCCC(N)=NO. The molecule has 0 aromatic heterocycles. The first-order valence-corrected chi connectivity index (χ1v) is 5.33. The van der Waals surface area contributed by atoms with E-state index in [1.807, 2.05) is 0 Å². The van der Waals surface area contributed by atoms with Gasteiger partial charge in [0.25, 0.3) is 0 Å². The standard InChI is InChI=1S/C10H21N3O2/c1-3-8(2)7-10(14)12-6-4-5-9(11)13-15/h8,15H,3-7H2,1-2H3,(H2,11,13)(H,12,14). The highest BCUT2D eigenvalue weighted by Gasteiger charge is 2.06. The summed E-state index contributed by atoms with van der Waals surface area (Å²) in [5.74, 6) is 0.698. The first-order valence-electron chi connectivity index (χ1n) is 5.33. The molecule has 88 valence electrons. The van der Waals surface area contributed by atoms with Crippen molar-refractivity contribution in [1.29, 1.82) is 0 Å². The average molecular weight is 215 g/mol. The zero-order chi connectivity index (χ0) is 11.7. The van der Waals surface area contributed by atoms with Crippen molar-refractivity contribution in [2.24, 2.45) is 16.8 Å². The van der Waals surface area contributed by atoms with Crippen molar-refractivity contribution in [2.45, 2.75) is 39.5 Å². The lowest BCUT2D eigenvalue weighted by molar-refractivity contribution is -0.121. The van der Waals surface area contributed by atoms with Gasteiger partial charge in [-0.1, -0.05) is 25.4 Å². The highest BCUT2D eigenvalue weighted by Crippen LogP contribution is 2.05. The number of amides is 1. The van der Waals surface area contributed by atoms with Crippen molar-refractivity contribution in [2.75, 3.05) is 6.54 Å². The van der Waals surface area contributed by atoms with E-state index in [1.165, 1.54) is 0 Å². The van der Waals surface area contributed by atoms with Gasteiger partial charge in [0, 0.05) is 19.4 Å². The summed E-state index contributed by atoms with van der Waals surface area (Å²) in [6.45, 7) is 4.69. The molecular formula is C10H21N3O2. The van der Waals surface area contributed by atoms with Crippen LogP contribution in [0.15, 0.2) is 5.16 Å². The van der Waals surface area contributed by atoms with E-state index in [4.69, 9.17) is 10.9 Å². The number of nitrogens with one attached hydrogen (secondary N) is 1. The Morgan fingerprint density at radius 2 is 2.27 bits per heavy atom. The molecule has 15 heavy (non-hydrogen) atoms. The molecule has 0 fully saturated rings. The minimum absolute atomic E-state index is 0.0730. The van der Waals surface area contributed by atoms with Gasteiger partial charge in [0.15, 0.2) is 0 Å². The molecule has 0 saturated heterocycles. The molecular weight excluding hydrogens is 194 g/mol. The van der Waals surface area contributed by atoms with Gasteiger partial charge in [-0.2, -0.15) is 0 Å². The Morgan fingerprint density at radius 3 is 2.80 bits per heavy atom. The first-order chi connectivity index (χ1) is 7.10. The van der Waals surface area contributed by atoms with Crippen molar-refractivity contribution in [3.05, 3.63) is 0 Å². The van der Waals surface area contributed by atoms with E-state index in [0.29, 0.717) is 31.7 Å². The molecule has 0 rings (SSSR count). The molecule has 0 aliphatic carbocycles. The third-order valence-corrected chi connectivity index (χ3v) is 2.29. The Balaban J connectivity index is 3.47. The lowest BCUT2D eigenvalue weighted by Crippen LogP contribution is -2.26. The van der Waals surface area contributed by atoms with Gasteiger partial charge in [0.05, 0.1) is 0 Å². The number of hydrogen-bond acceptors (Lipinski definition) is 3. The maximum absolute atomic E-state index is 11.3. The monoisotopic (exact) mass is 215 g/mol. The third-order valence-electron chi connectivity index (χ3n) is 2.29. The van der Waals surface area contributed by atoms with E-state index in [-0.39, 0.29) is 11.7 Å². The zero-order valence-electron chi connectivity index (χ0n) is 9.49. The van der Waals surface area contributed by atoms with Crippen molar-refractivity contribution in [3.8, 4) is 0 Å². The van der Waals surface area contributed by atoms with Gasteiger partial charge in [-0.05, 0) is 12.3 Å². The van der Waals surface area contributed by atoms with Crippen LogP contribution in [0.2, 0.25) is 0 Å². The van der Waals surface area contributed by atoms with Gasteiger partial charge in [-0.3, -0.25) is 4.79 Å². The van der Waals surface area contributed by atoms with E-state index in [0.717, 1.165) is 6.42 Å². The average Bonchev–Trinajstić information content (AvgIpc) is 2.23. The lowest BCUT2D eigenvalue weighted by atomic mass is 10.1. The molecule has 4 N–H and O–H groups in total. The van der Waals surface area contributed by atoms with E-state index >= 15 is 0 Å². The Morgan fingerprint density at radius 1 is 1.60 bits per heavy atom. The van der Waals surface area contributed by atoms with Crippen molar-refractivity contribution in [1.82, 2.24) is 5.32 Å². The van der Waals surface area contributed by atoms with Crippen LogP contribution in [0.5, 0.6) is 0 Å². The van der Waals surface area contributed by atoms with Gasteiger partial charge in [0.2, 0.25) is 5.91 Å². The largest absolute Gasteiger partial charge is 0.409 e. The minimum Gasteiger partial charge on any atom is -0.409 e. The number of oxime groups is 1. The fraction of sp³-hybridized carbons (Fsp3) is 0.800. The number of carbonyl (C=O) groups is 1. The van der Waals surface area contributed by atoms with E-state index in [9.17, 15) is 4.79 Å². The second-order valence-electron chi connectivity index (χ2n) is 3.76. The smallest absolute Gasteiger partial charge is 0.220 e. The van der Waals surface area contributed by atoms with Gasteiger partial charge in [0.1, 0.15) is 5.84 Å². The molecule has 0 aliphatic rings. The molecule has 0 aromatic carbocycles. The van der Waals surface area contributed by atoms with Crippen molar-refractivity contribution >= 4 is 11.7 Å². The van der Waals surface area contributed by atoms with Crippen molar-refractivity contribution in [3.63, 3.8) is 0 Å². The summed E-state index contributed by atoms with van der Waals surface area (Å²) in [7, 11) is 0. The van der Waals surface area contributed by atoms with E-state index < -0.39 is 0 Å².